The molecule has 0 radical (unpaired) electrons. The second-order valence-corrected chi connectivity index (χ2v) is 13.0. The molecule has 1 saturated heterocycles. The van der Waals surface area contributed by atoms with Crippen molar-refractivity contribution in [1.82, 2.24) is 10.2 Å². The minimum absolute atomic E-state index is 0.120. The zero-order valence-electron chi connectivity index (χ0n) is 24.6. The van der Waals surface area contributed by atoms with Gasteiger partial charge in [-0.15, -0.1) is 10.2 Å². The summed E-state index contributed by atoms with van der Waals surface area (Å²) in [5.41, 5.74) is 1.52. The first-order chi connectivity index (χ1) is 22.3. The van der Waals surface area contributed by atoms with Gasteiger partial charge in [-0.2, -0.15) is 0 Å². The van der Waals surface area contributed by atoms with Crippen molar-refractivity contribution >= 4 is 68.9 Å². The van der Waals surface area contributed by atoms with E-state index in [1.54, 1.807) is 48.5 Å². The van der Waals surface area contributed by atoms with Crippen molar-refractivity contribution in [2.24, 2.45) is 0 Å². The summed E-state index contributed by atoms with van der Waals surface area (Å²) in [4.78, 5) is 28.7. The summed E-state index contributed by atoms with van der Waals surface area (Å²) in [5, 5.41) is 21.5. The number of nitrogens with zero attached hydrogens (tertiary/aromatic N) is 3. The van der Waals surface area contributed by atoms with Crippen LogP contribution < -0.4 is 23.8 Å². The third-order valence-corrected chi connectivity index (χ3v) is 9.80. The van der Waals surface area contributed by atoms with Gasteiger partial charge in [0.05, 0.1) is 24.8 Å². The molecule has 2 aliphatic rings. The van der Waals surface area contributed by atoms with Gasteiger partial charge in [0.15, 0.2) is 27.3 Å². The molecular formula is C32H27Cl2N3O7S2. The molecule has 2 aliphatic heterocycles. The summed E-state index contributed by atoms with van der Waals surface area (Å²) in [5.74, 6) is 0.261. The van der Waals surface area contributed by atoms with Crippen molar-refractivity contribution in [3.8, 4) is 23.0 Å². The number of benzene rings is 3. The number of fused-ring (bicyclic) bond motifs is 1. The van der Waals surface area contributed by atoms with Crippen molar-refractivity contribution in [1.29, 1.82) is 0 Å². The van der Waals surface area contributed by atoms with E-state index in [2.05, 4.69) is 10.2 Å². The fraction of sp³-hybridized carbons (Fsp3) is 0.250. The van der Waals surface area contributed by atoms with E-state index < -0.39 is 17.7 Å². The van der Waals surface area contributed by atoms with E-state index in [1.165, 1.54) is 16.7 Å². The maximum atomic E-state index is 13.7. The molecule has 10 nitrogen and oxygen atoms in total. The Labute approximate surface area is 282 Å². The van der Waals surface area contributed by atoms with Gasteiger partial charge in [0.1, 0.15) is 19.0 Å². The maximum Gasteiger partial charge on any atom is 0.301 e. The highest BCUT2D eigenvalue weighted by atomic mass is 35.5. The molecule has 4 aromatic rings. The van der Waals surface area contributed by atoms with Crippen LogP contribution in [0, 0.1) is 0 Å². The van der Waals surface area contributed by atoms with E-state index in [9.17, 15) is 14.7 Å². The van der Waals surface area contributed by atoms with Gasteiger partial charge in [0.2, 0.25) is 5.13 Å². The van der Waals surface area contributed by atoms with E-state index in [0.717, 1.165) is 16.9 Å². The lowest BCUT2D eigenvalue weighted by molar-refractivity contribution is -0.132. The van der Waals surface area contributed by atoms with Gasteiger partial charge in [-0.1, -0.05) is 58.4 Å². The van der Waals surface area contributed by atoms with E-state index in [0.29, 0.717) is 75.1 Å². The summed E-state index contributed by atoms with van der Waals surface area (Å²) in [6.45, 7) is 5.21. The molecule has 6 rings (SSSR count). The lowest BCUT2D eigenvalue weighted by Gasteiger charge is -2.24. The van der Waals surface area contributed by atoms with Gasteiger partial charge in [0, 0.05) is 21.4 Å². The van der Waals surface area contributed by atoms with Crippen molar-refractivity contribution in [2.75, 3.05) is 31.3 Å². The molecule has 3 heterocycles. The molecule has 0 aliphatic carbocycles. The molecule has 238 valence electrons. The predicted octanol–water partition coefficient (Wildman–Crippen LogP) is 7.33. The van der Waals surface area contributed by atoms with E-state index >= 15 is 0 Å². The van der Waals surface area contributed by atoms with E-state index in [-0.39, 0.29) is 22.0 Å². The number of carbonyl (C=O) groups excluding carboxylic acids is 2. The molecule has 14 heteroatoms. The number of hydrogen-bond acceptors (Lipinski definition) is 11. The molecular weight excluding hydrogens is 673 g/mol. The molecule has 1 amide bonds. The smallest absolute Gasteiger partial charge is 0.301 e. The molecule has 1 atom stereocenters. The number of aliphatic hydroxyl groups is 1. The zero-order chi connectivity index (χ0) is 32.4. The van der Waals surface area contributed by atoms with E-state index in [1.807, 2.05) is 19.9 Å². The lowest BCUT2D eigenvalue weighted by atomic mass is 9.95. The van der Waals surface area contributed by atoms with E-state index in [4.69, 9.17) is 42.1 Å². The largest absolute Gasteiger partial charge is 0.507 e. The second kappa shape index (κ2) is 13.8. The molecule has 1 fully saturated rings. The Balaban J connectivity index is 1.42. The summed E-state index contributed by atoms with van der Waals surface area (Å²) in [6.07, 6.45) is 0. The number of halogens is 2. The van der Waals surface area contributed by atoms with Gasteiger partial charge in [-0.05, 0) is 67.4 Å². The Morgan fingerprint density at radius 1 is 0.978 bits per heavy atom. The number of rotatable bonds is 10. The van der Waals surface area contributed by atoms with Crippen LogP contribution in [-0.2, 0) is 15.3 Å². The molecule has 1 N–H and O–H groups in total. The van der Waals surface area contributed by atoms with Crippen LogP contribution in [0.4, 0.5) is 5.13 Å². The van der Waals surface area contributed by atoms with Gasteiger partial charge >= 0.3 is 5.91 Å². The lowest BCUT2D eigenvalue weighted by Crippen LogP contribution is -2.29. The molecule has 1 aromatic heterocycles. The summed E-state index contributed by atoms with van der Waals surface area (Å²) in [6, 6.07) is 14.2. The van der Waals surface area contributed by atoms with Gasteiger partial charge < -0.3 is 24.1 Å². The number of hydrogen-bond donors (Lipinski definition) is 1. The number of amides is 1. The average molecular weight is 701 g/mol. The Hall–Kier alpha value is -3.97. The van der Waals surface area contributed by atoms with Crippen LogP contribution in [0.3, 0.4) is 0 Å². The standard InChI is InChI=1S/C32H27Cl2N3O7S2/c1-3-41-22-9-6-17(13-24(22)42-4-2)27-26(28(38)18-7-10-23-25(14-18)44-12-11-43-23)29(39)30(40)37(27)31-35-36-32(46-31)45-16-19-5-8-20(33)15-21(19)34/h5-10,13-15,27,38H,3-4,11-12,16H2,1-2H3. The summed E-state index contributed by atoms with van der Waals surface area (Å²) >= 11 is 14.9. The number of thioether (sulfide) groups is 1. The van der Waals surface area contributed by atoms with Crippen LogP contribution >= 0.6 is 46.3 Å². The van der Waals surface area contributed by atoms with Gasteiger partial charge in [-0.3, -0.25) is 14.5 Å². The first-order valence-electron chi connectivity index (χ1n) is 14.3. The molecule has 0 bridgehead atoms. The molecule has 0 saturated carbocycles. The monoisotopic (exact) mass is 699 g/mol. The third kappa shape index (κ3) is 6.35. The van der Waals surface area contributed by atoms with Crippen LogP contribution in [-0.4, -0.2) is 53.4 Å². The number of ether oxygens (including phenoxy) is 4. The number of ketones is 1. The number of anilines is 1. The SMILES string of the molecule is CCOc1ccc(C2C(=C(O)c3ccc4c(c3)OCCO4)C(=O)C(=O)N2c2nnc(SCc3ccc(Cl)cc3Cl)s2)cc1OCC. The fourth-order valence-corrected chi connectivity index (χ4v) is 7.49. The van der Waals surface area contributed by atoms with Crippen LogP contribution in [0.5, 0.6) is 23.0 Å². The first kappa shape index (κ1) is 32.0. The van der Waals surface area contributed by atoms with Crippen molar-refractivity contribution in [3.05, 3.63) is 86.9 Å². The molecule has 3 aromatic carbocycles. The molecule has 1 unspecified atom stereocenters. The van der Waals surface area contributed by atoms with Crippen LogP contribution in [0.2, 0.25) is 10.0 Å². The highest BCUT2D eigenvalue weighted by molar-refractivity contribution is 8.00. The first-order valence-corrected chi connectivity index (χ1v) is 16.9. The predicted molar refractivity (Wildman–Crippen MR) is 177 cm³/mol. The Bertz CT molecular complexity index is 1850. The summed E-state index contributed by atoms with van der Waals surface area (Å²) in [7, 11) is 0. The zero-order valence-corrected chi connectivity index (χ0v) is 27.8. The van der Waals surface area contributed by atoms with Crippen LogP contribution in [0.25, 0.3) is 5.76 Å². The Kier molecular flexibility index (Phi) is 9.60. The second-order valence-electron chi connectivity index (χ2n) is 9.97. The Morgan fingerprint density at radius 3 is 2.50 bits per heavy atom. The number of Topliss-reactive ketones (excluding diaryl/α,β-unsaturated/α-hetero) is 1. The van der Waals surface area contributed by atoms with Gasteiger partial charge in [-0.25, -0.2) is 0 Å². The third-order valence-electron chi connectivity index (χ3n) is 7.11. The van der Waals surface area contributed by atoms with Gasteiger partial charge in [0.25, 0.3) is 5.78 Å². The fourth-order valence-electron chi connectivity index (χ4n) is 5.07. The van der Waals surface area contributed by atoms with Crippen LogP contribution in [0.1, 0.15) is 36.6 Å². The number of carbonyl (C=O) groups is 2. The van der Waals surface area contributed by atoms with Crippen molar-refractivity contribution < 1.29 is 33.6 Å². The molecule has 0 spiro atoms. The molecule has 46 heavy (non-hydrogen) atoms. The minimum atomic E-state index is -1.06. The van der Waals surface area contributed by atoms with Crippen molar-refractivity contribution in [2.45, 2.75) is 30.0 Å². The Morgan fingerprint density at radius 2 is 1.74 bits per heavy atom. The quantitative estimate of drug-likeness (QED) is 0.0592. The summed E-state index contributed by atoms with van der Waals surface area (Å²) < 4.78 is 23.4. The average Bonchev–Trinajstić information content (AvgIpc) is 3.62. The number of aliphatic hydroxyl groups excluding tert-OH is 1. The highest BCUT2D eigenvalue weighted by Crippen LogP contribution is 2.46. The number of aromatic nitrogens is 2. The maximum absolute atomic E-state index is 13.7. The topological polar surface area (TPSA) is 120 Å². The normalized spacial score (nSPS) is 17.0. The van der Waals surface area contributed by atoms with Crippen LogP contribution in [0.15, 0.2) is 64.5 Å². The van der Waals surface area contributed by atoms with Crippen molar-refractivity contribution in [3.63, 3.8) is 0 Å². The highest BCUT2D eigenvalue weighted by Gasteiger charge is 2.48. The minimum Gasteiger partial charge on any atom is -0.507 e.